The minimum Gasteiger partial charge on any atom is -0.756 e. The first-order valence-corrected chi connectivity index (χ1v) is 29.6. The maximum absolute atomic E-state index is 12.8. The van der Waals surface area contributed by atoms with E-state index < -0.39 is 26.5 Å². The molecular weight excluding hydrogens is 882 g/mol. The van der Waals surface area contributed by atoms with Crippen LogP contribution in [0.4, 0.5) is 0 Å². The third-order valence-electron chi connectivity index (χ3n) is 12.0. The summed E-state index contributed by atoms with van der Waals surface area (Å²) in [6, 6.07) is 0. The maximum atomic E-state index is 12.8. The van der Waals surface area contributed by atoms with Gasteiger partial charge in [-0.1, -0.05) is 234 Å². The Bertz CT molecular complexity index is 1400. The van der Waals surface area contributed by atoms with E-state index >= 15 is 0 Å². The molecule has 0 aromatic rings. The first-order valence-electron chi connectivity index (χ1n) is 28.1. The van der Waals surface area contributed by atoms with Crippen molar-refractivity contribution in [3.63, 3.8) is 0 Å². The van der Waals surface area contributed by atoms with Crippen LogP contribution >= 0.6 is 7.82 Å². The van der Waals surface area contributed by atoms with E-state index in [1.165, 1.54) is 128 Å². The highest BCUT2D eigenvalue weighted by Gasteiger charge is 2.21. The molecule has 0 saturated carbocycles. The third-order valence-corrected chi connectivity index (χ3v) is 13.0. The predicted molar refractivity (Wildman–Crippen MR) is 291 cm³/mol. The third kappa shape index (κ3) is 54.6. The average Bonchev–Trinajstić information content (AvgIpc) is 3.31. The molecule has 0 bridgehead atoms. The predicted octanol–water partition coefficient (Wildman–Crippen LogP) is 16.7. The molecule has 0 saturated heterocycles. The number of ether oxygens (including phenoxy) is 2. The van der Waals surface area contributed by atoms with E-state index in [1.807, 2.05) is 21.1 Å². The SMILES string of the molecule is CC/C=C\C/C=C\C/C=C\C/C=C\C/C=C\C/C=C\CCCCCCCCCCCCCCC(=O)OC(COC(=O)CCCCCCCCCCCCCCCC)COP(=O)([O-])OCC[N+](C)(C)C. The highest BCUT2D eigenvalue weighted by Crippen LogP contribution is 2.38. The second kappa shape index (κ2) is 50.4. The number of unbranched alkanes of at least 4 members (excludes halogenated alkanes) is 25. The highest BCUT2D eigenvalue weighted by molar-refractivity contribution is 7.45. The lowest BCUT2D eigenvalue weighted by Crippen LogP contribution is -2.37. The molecule has 9 nitrogen and oxygen atoms in total. The molecule has 0 radical (unpaired) electrons. The van der Waals surface area contributed by atoms with Crippen molar-refractivity contribution in [3.8, 4) is 0 Å². The number of quaternary nitrogens is 1. The van der Waals surface area contributed by atoms with Gasteiger partial charge in [-0.2, -0.15) is 0 Å². The molecular formula is C59H106NO8P. The van der Waals surface area contributed by atoms with Crippen molar-refractivity contribution in [1.29, 1.82) is 0 Å². The van der Waals surface area contributed by atoms with E-state index in [2.05, 4.69) is 86.8 Å². The van der Waals surface area contributed by atoms with Crippen LogP contribution in [0.1, 0.15) is 239 Å². The number of carbonyl (C=O) groups is 2. The smallest absolute Gasteiger partial charge is 0.306 e. The molecule has 0 aromatic heterocycles. The van der Waals surface area contributed by atoms with Crippen molar-refractivity contribution in [1.82, 2.24) is 0 Å². The quantitative estimate of drug-likeness (QED) is 0.0195. The van der Waals surface area contributed by atoms with E-state index in [-0.39, 0.29) is 32.0 Å². The first kappa shape index (κ1) is 66.5. The Labute approximate surface area is 425 Å². The van der Waals surface area contributed by atoms with Gasteiger partial charge in [0.1, 0.15) is 19.8 Å². The lowest BCUT2D eigenvalue weighted by Gasteiger charge is -2.28. The number of hydrogen-bond donors (Lipinski definition) is 0. The minimum atomic E-state index is -4.63. The Hall–Kier alpha value is -2.55. The Morgan fingerprint density at radius 2 is 0.826 bits per heavy atom. The van der Waals surface area contributed by atoms with Crippen LogP contribution in [0.2, 0.25) is 0 Å². The van der Waals surface area contributed by atoms with Crippen molar-refractivity contribution in [3.05, 3.63) is 72.9 Å². The summed E-state index contributed by atoms with van der Waals surface area (Å²) in [6.45, 7) is 4.13. The van der Waals surface area contributed by atoms with Crippen molar-refractivity contribution >= 4 is 19.8 Å². The number of esters is 2. The van der Waals surface area contributed by atoms with Crippen molar-refractivity contribution in [2.45, 2.75) is 245 Å². The molecule has 2 unspecified atom stereocenters. The van der Waals surface area contributed by atoms with E-state index in [4.69, 9.17) is 18.5 Å². The van der Waals surface area contributed by atoms with Crippen LogP contribution < -0.4 is 4.89 Å². The Morgan fingerprint density at radius 3 is 1.23 bits per heavy atom. The van der Waals surface area contributed by atoms with E-state index in [1.54, 1.807) is 0 Å². The number of phosphoric ester groups is 1. The first-order chi connectivity index (χ1) is 33.5. The summed E-state index contributed by atoms with van der Waals surface area (Å²) in [5.74, 6) is -0.831. The number of hydrogen-bond acceptors (Lipinski definition) is 8. The second-order valence-corrected chi connectivity index (χ2v) is 21.3. The number of carbonyl (C=O) groups excluding carboxylic acids is 2. The van der Waals surface area contributed by atoms with Crippen LogP contribution in [0, 0.1) is 0 Å². The van der Waals surface area contributed by atoms with Gasteiger partial charge in [0.2, 0.25) is 0 Å². The zero-order valence-corrected chi connectivity index (χ0v) is 46.1. The zero-order valence-electron chi connectivity index (χ0n) is 45.2. The van der Waals surface area contributed by atoms with Gasteiger partial charge in [0.05, 0.1) is 27.7 Å². The average molecular weight is 988 g/mol. The highest BCUT2D eigenvalue weighted by atomic mass is 31.2. The standard InChI is InChI=1S/C59H106NO8P/c1-6-8-10-12-14-16-18-20-22-23-24-25-26-27-28-29-30-31-32-33-34-35-36-37-38-40-42-44-46-48-50-52-59(62)68-57(56-67-69(63,64)66-54-53-60(3,4)5)55-65-58(61)51-49-47-45-43-41-39-21-19-17-15-13-11-9-7-2/h8,10,14,16,20,22,24-25,27-28,30-31,57H,6-7,9,11-13,15,17-19,21,23,26,29,32-56H2,1-5H3/b10-8-,16-14-,22-20-,25-24-,28-27-,31-30-. The number of likely N-dealkylation sites (N-methyl/N-ethyl adjacent to an activating group) is 1. The fraction of sp³-hybridized carbons (Fsp3) is 0.763. The van der Waals surface area contributed by atoms with Gasteiger partial charge >= 0.3 is 11.9 Å². The van der Waals surface area contributed by atoms with Crippen LogP contribution in [0.5, 0.6) is 0 Å². The molecule has 2 atom stereocenters. The molecule has 0 amide bonds. The van der Waals surface area contributed by atoms with Crippen LogP contribution in [0.3, 0.4) is 0 Å². The molecule has 0 N–H and O–H groups in total. The van der Waals surface area contributed by atoms with Crippen LogP contribution in [-0.2, 0) is 32.7 Å². The van der Waals surface area contributed by atoms with Gasteiger partial charge in [-0.05, 0) is 64.2 Å². The molecule has 0 aliphatic heterocycles. The van der Waals surface area contributed by atoms with Crippen LogP contribution in [0.15, 0.2) is 72.9 Å². The Morgan fingerprint density at radius 1 is 0.464 bits per heavy atom. The molecule has 0 heterocycles. The maximum Gasteiger partial charge on any atom is 0.306 e. The van der Waals surface area contributed by atoms with Gasteiger partial charge in [-0.15, -0.1) is 0 Å². The number of rotatable bonds is 51. The molecule has 0 spiro atoms. The summed E-state index contributed by atoms with van der Waals surface area (Å²) in [4.78, 5) is 37.8. The zero-order chi connectivity index (χ0) is 50.6. The Kier molecular flexibility index (Phi) is 48.5. The van der Waals surface area contributed by atoms with Crippen LogP contribution in [-0.4, -0.2) is 70.0 Å². The second-order valence-electron chi connectivity index (χ2n) is 19.9. The Balaban J connectivity index is 4.12. The summed E-state index contributed by atoms with van der Waals surface area (Å²) >= 11 is 0. The number of phosphoric acid groups is 1. The molecule has 0 rings (SSSR count). The molecule has 10 heteroatoms. The van der Waals surface area contributed by atoms with E-state index in [9.17, 15) is 19.0 Å². The molecule has 0 fully saturated rings. The van der Waals surface area contributed by atoms with E-state index in [0.29, 0.717) is 17.4 Å². The van der Waals surface area contributed by atoms with Gasteiger partial charge in [0.25, 0.3) is 7.82 Å². The van der Waals surface area contributed by atoms with Gasteiger partial charge in [0, 0.05) is 12.8 Å². The molecule has 0 aliphatic carbocycles. The molecule has 0 aromatic carbocycles. The van der Waals surface area contributed by atoms with Gasteiger partial charge in [-0.25, -0.2) is 0 Å². The molecule has 69 heavy (non-hydrogen) atoms. The fourth-order valence-corrected chi connectivity index (χ4v) is 8.39. The topological polar surface area (TPSA) is 111 Å². The monoisotopic (exact) mass is 988 g/mol. The fourth-order valence-electron chi connectivity index (χ4n) is 7.66. The summed E-state index contributed by atoms with van der Waals surface area (Å²) < 4.78 is 34.1. The largest absolute Gasteiger partial charge is 0.756 e. The summed E-state index contributed by atoms with van der Waals surface area (Å²) in [6.07, 6.45) is 65.1. The lowest BCUT2D eigenvalue weighted by molar-refractivity contribution is -0.870. The molecule has 400 valence electrons. The van der Waals surface area contributed by atoms with Gasteiger partial charge in [0.15, 0.2) is 6.10 Å². The molecule has 0 aliphatic rings. The van der Waals surface area contributed by atoms with Gasteiger partial charge < -0.3 is 27.9 Å². The normalized spacial score (nSPS) is 13.9. The van der Waals surface area contributed by atoms with Crippen LogP contribution in [0.25, 0.3) is 0 Å². The summed E-state index contributed by atoms with van der Waals surface area (Å²) in [5, 5.41) is 0. The lowest BCUT2D eigenvalue weighted by atomic mass is 10.0. The summed E-state index contributed by atoms with van der Waals surface area (Å²) in [5.41, 5.74) is 0. The van der Waals surface area contributed by atoms with Crippen molar-refractivity contribution < 1.29 is 42.1 Å². The number of nitrogens with zero attached hydrogens (tertiary/aromatic N) is 1. The number of allylic oxidation sites excluding steroid dienone is 12. The summed E-state index contributed by atoms with van der Waals surface area (Å²) in [7, 11) is 1.17. The van der Waals surface area contributed by atoms with E-state index in [0.717, 1.165) is 77.0 Å². The van der Waals surface area contributed by atoms with Crippen molar-refractivity contribution in [2.24, 2.45) is 0 Å². The minimum absolute atomic E-state index is 0.0320. The van der Waals surface area contributed by atoms with Crippen molar-refractivity contribution in [2.75, 3.05) is 47.5 Å². The van der Waals surface area contributed by atoms with Gasteiger partial charge in [-0.3, -0.25) is 14.2 Å².